The average Bonchev–Trinajstić information content (AvgIpc) is 1.77. The highest BCUT2D eigenvalue weighted by Crippen LogP contribution is 2.26. The van der Waals surface area contributed by atoms with Crippen molar-refractivity contribution in [1.82, 2.24) is 0 Å². The van der Waals surface area contributed by atoms with Gasteiger partial charge in [0.25, 0.3) is 0 Å². The summed E-state index contributed by atoms with van der Waals surface area (Å²) in [5, 5.41) is 0. The van der Waals surface area contributed by atoms with Gasteiger partial charge in [0.05, 0.1) is 0 Å². The molecule has 0 amide bonds. The predicted molar refractivity (Wildman–Crippen MR) is 36.5 cm³/mol. The molecule has 48 valence electrons. The second kappa shape index (κ2) is 2.52. The molecule has 0 aromatic heterocycles. The molecule has 0 heteroatoms. The van der Waals surface area contributed by atoms with Gasteiger partial charge in [-0.05, 0) is 5.92 Å². The largest absolute Gasteiger partial charge is 0.340 e. The number of hydrogen-bond acceptors (Lipinski definition) is 0. The molecule has 0 unspecified atom stereocenters. The highest BCUT2D eigenvalue weighted by Gasteiger charge is 2.09. The van der Waals surface area contributed by atoms with Crippen LogP contribution in [0.5, 0.6) is 0 Å². The Hall–Kier alpha value is 0. The summed E-state index contributed by atoms with van der Waals surface area (Å²) in [6.07, 6.45) is 5.55. The molecule has 0 aliphatic heterocycles. The van der Waals surface area contributed by atoms with Crippen LogP contribution in [0.2, 0.25) is 0 Å². The molecule has 1 aliphatic carbocycles. The van der Waals surface area contributed by atoms with Crippen molar-refractivity contribution in [3.05, 3.63) is 6.92 Å². The molecule has 1 fully saturated rings. The van der Waals surface area contributed by atoms with Gasteiger partial charge in [0, 0.05) is 0 Å². The van der Waals surface area contributed by atoms with E-state index in [1.165, 1.54) is 25.7 Å². The quantitative estimate of drug-likeness (QED) is 0.421. The van der Waals surface area contributed by atoms with Crippen LogP contribution in [0.3, 0.4) is 0 Å². The minimum Gasteiger partial charge on any atom is -0.340 e. The fraction of sp³-hybridized carbons (Fsp3) is 0.875. The molecule has 0 nitrogen and oxygen atoms in total. The van der Waals surface area contributed by atoms with Crippen LogP contribution in [-0.4, -0.2) is 0 Å². The molecule has 0 N–H and O–H groups in total. The zero-order valence-corrected chi connectivity index (χ0v) is 5.69. The summed E-state index contributed by atoms with van der Waals surface area (Å²) in [6, 6.07) is 0. The van der Waals surface area contributed by atoms with Gasteiger partial charge < -0.3 is 6.92 Å². The standard InChI is InChI=1S/C8H15/c1-7-3-5-8(2)6-4-7/h7-8H,1,3-6H2,2H3/q-1. The van der Waals surface area contributed by atoms with E-state index in [1.807, 2.05) is 0 Å². The summed E-state index contributed by atoms with van der Waals surface area (Å²) in [5.41, 5.74) is 0. The summed E-state index contributed by atoms with van der Waals surface area (Å²) in [6.45, 7) is 6.37. The van der Waals surface area contributed by atoms with E-state index in [0.717, 1.165) is 11.8 Å². The van der Waals surface area contributed by atoms with Crippen molar-refractivity contribution in [3.63, 3.8) is 0 Å². The molecule has 0 bridgehead atoms. The smallest absolute Gasteiger partial charge is 0.0444 e. The van der Waals surface area contributed by atoms with E-state index in [0.29, 0.717) is 0 Å². The summed E-state index contributed by atoms with van der Waals surface area (Å²) in [7, 11) is 0. The molecule has 0 atom stereocenters. The van der Waals surface area contributed by atoms with Gasteiger partial charge in [0.15, 0.2) is 0 Å². The first kappa shape index (κ1) is 6.12. The summed E-state index contributed by atoms with van der Waals surface area (Å²) in [4.78, 5) is 0. The Morgan fingerprint density at radius 1 is 1.12 bits per heavy atom. The van der Waals surface area contributed by atoms with Crippen molar-refractivity contribution in [2.24, 2.45) is 11.8 Å². The van der Waals surface area contributed by atoms with Crippen molar-refractivity contribution >= 4 is 0 Å². The second-order valence-electron chi connectivity index (χ2n) is 3.13. The van der Waals surface area contributed by atoms with Gasteiger partial charge in [-0.2, -0.15) is 5.92 Å². The Kier molecular flexibility index (Phi) is 1.93. The van der Waals surface area contributed by atoms with Crippen LogP contribution in [0.25, 0.3) is 0 Å². The molecule has 1 aliphatic rings. The molecule has 0 radical (unpaired) electrons. The van der Waals surface area contributed by atoms with Crippen molar-refractivity contribution in [3.8, 4) is 0 Å². The van der Waals surface area contributed by atoms with Crippen LogP contribution in [0.1, 0.15) is 32.6 Å². The zero-order chi connectivity index (χ0) is 5.98. The lowest BCUT2D eigenvalue weighted by Crippen LogP contribution is -2.08. The van der Waals surface area contributed by atoms with E-state index in [9.17, 15) is 0 Å². The van der Waals surface area contributed by atoms with Crippen molar-refractivity contribution < 1.29 is 0 Å². The third-order valence-corrected chi connectivity index (χ3v) is 2.14. The molecule has 0 spiro atoms. The Morgan fingerprint density at radius 2 is 1.62 bits per heavy atom. The zero-order valence-electron chi connectivity index (χ0n) is 5.69. The second-order valence-corrected chi connectivity index (χ2v) is 3.13. The molecule has 1 saturated carbocycles. The first-order valence-corrected chi connectivity index (χ1v) is 3.62. The van der Waals surface area contributed by atoms with Crippen LogP contribution >= 0.6 is 0 Å². The van der Waals surface area contributed by atoms with Crippen molar-refractivity contribution in [2.45, 2.75) is 32.6 Å². The van der Waals surface area contributed by atoms with Crippen molar-refractivity contribution in [2.75, 3.05) is 0 Å². The maximum atomic E-state index is 4.03. The number of rotatable bonds is 0. The fourth-order valence-electron chi connectivity index (χ4n) is 1.33. The van der Waals surface area contributed by atoms with Crippen LogP contribution in [0.4, 0.5) is 0 Å². The van der Waals surface area contributed by atoms with Gasteiger partial charge in [-0.3, -0.25) is 0 Å². The highest BCUT2D eigenvalue weighted by atomic mass is 14.2. The van der Waals surface area contributed by atoms with Gasteiger partial charge in [-0.25, -0.2) is 0 Å². The van der Waals surface area contributed by atoms with Gasteiger partial charge in [-0.15, -0.1) is 0 Å². The highest BCUT2D eigenvalue weighted by molar-refractivity contribution is 4.70. The van der Waals surface area contributed by atoms with Crippen LogP contribution in [-0.2, 0) is 0 Å². The van der Waals surface area contributed by atoms with E-state index >= 15 is 0 Å². The Balaban J connectivity index is 2.19. The number of hydrogen-bond donors (Lipinski definition) is 0. The van der Waals surface area contributed by atoms with Crippen LogP contribution in [0, 0.1) is 18.8 Å². The maximum absolute atomic E-state index is 4.03. The van der Waals surface area contributed by atoms with E-state index in [-0.39, 0.29) is 0 Å². The predicted octanol–water partition coefficient (Wildman–Crippen LogP) is 2.65. The summed E-state index contributed by atoms with van der Waals surface area (Å²) >= 11 is 0. The average molecular weight is 111 g/mol. The summed E-state index contributed by atoms with van der Waals surface area (Å²) < 4.78 is 0. The topological polar surface area (TPSA) is 0 Å². The molecule has 0 heterocycles. The molecule has 8 heavy (non-hydrogen) atoms. The Bertz CT molecular complexity index is 48.4. The van der Waals surface area contributed by atoms with E-state index in [4.69, 9.17) is 0 Å². The van der Waals surface area contributed by atoms with Crippen LogP contribution < -0.4 is 0 Å². The fourth-order valence-corrected chi connectivity index (χ4v) is 1.33. The first-order chi connectivity index (χ1) is 3.79. The SMILES string of the molecule is [CH2-]C1CCC(C)CC1. The van der Waals surface area contributed by atoms with E-state index < -0.39 is 0 Å². The van der Waals surface area contributed by atoms with Gasteiger partial charge >= 0.3 is 0 Å². The van der Waals surface area contributed by atoms with Crippen molar-refractivity contribution in [1.29, 1.82) is 0 Å². The third kappa shape index (κ3) is 1.50. The lowest BCUT2D eigenvalue weighted by molar-refractivity contribution is 0.329. The normalized spacial score (nSPS) is 39.8. The van der Waals surface area contributed by atoms with Gasteiger partial charge in [-0.1, -0.05) is 32.6 Å². The van der Waals surface area contributed by atoms with Crippen LogP contribution in [0.15, 0.2) is 0 Å². The minimum atomic E-state index is 0.770. The van der Waals surface area contributed by atoms with E-state index in [2.05, 4.69) is 13.8 Å². The Labute approximate surface area is 52.3 Å². The lowest BCUT2D eigenvalue weighted by Gasteiger charge is -2.27. The molecular weight excluding hydrogens is 96.1 g/mol. The summed E-state index contributed by atoms with van der Waals surface area (Å²) in [5.74, 6) is 1.75. The van der Waals surface area contributed by atoms with E-state index in [1.54, 1.807) is 0 Å². The molecular formula is C8H15-. The monoisotopic (exact) mass is 111 g/mol. The molecule has 0 aromatic rings. The molecule has 1 rings (SSSR count). The Morgan fingerprint density at radius 3 is 2.00 bits per heavy atom. The first-order valence-electron chi connectivity index (χ1n) is 3.62. The maximum Gasteiger partial charge on any atom is -0.0444 e. The minimum absolute atomic E-state index is 0.770. The molecule has 0 saturated heterocycles. The molecule has 0 aromatic carbocycles. The lowest BCUT2D eigenvalue weighted by atomic mass is 9.84. The van der Waals surface area contributed by atoms with Gasteiger partial charge in [0.1, 0.15) is 0 Å². The van der Waals surface area contributed by atoms with Gasteiger partial charge in [0.2, 0.25) is 0 Å². The third-order valence-electron chi connectivity index (χ3n) is 2.14.